The van der Waals surface area contributed by atoms with Crippen LogP contribution in [0.4, 0.5) is 0 Å². The van der Waals surface area contributed by atoms with Crippen molar-refractivity contribution in [2.24, 2.45) is 5.92 Å². The summed E-state index contributed by atoms with van der Waals surface area (Å²) in [5.74, 6) is 0.656. The number of pyridine rings is 1. The first kappa shape index (κ1) is 13.8. The van der Waals surface area contributed by atoms with Gasteiger partial charge in [0, 0.05) is 43.7 Å². The highest BCUT2D eigenvalue weighted by Gasteiger charge is 2.32. The van der Waals surface area contributed by atoms with Crippen LogP contribution in [0.3, 0.4) is 0 Å². The molecule has 0 amide bonds. The van der Waals surface area contributed by atoms with Crippen molar-refractivity contribution in [2.45, 2.75) is 31.8 Å². The van der Waals surface area contributed by atoms with E-state index in [0.717, 1.165) is 42.9 Å². The van der Waals surface area contributed by atoms with Gasteiger partial charge < -0.3 is 9.14 Å². The van der Waals surface area contributed by atoms with E-state index in [1.807, 2.05) is 24.4 Å². The molecule has 2 aliphatic rings. The van der Waals surface area contributed by atoms with Crippen molar-refractivity contribution in [2.75, 3.05) is 19.8 Å². The van der Waals surface area contributed by atoms with E-state index >= 15 is 0 Å². The number of ether oxygens (including phenoxy) is 1. The predicted molar refractivity (Wildman–Crippen MR) is 84.5 cm³/mol. The van der Waals surface area contributed by atoms with Gasteiger partial charge in [-0.15, -0.1) is 0 Å². The van der Waals surface area contributed by atoms with Crippen LogP contribution in [-0.2, 0) is 11.3 Å². The molecule has 1 aliphatic heterocycles. The molecular weight excluding hydrogens is 274 g/mol. The van der Waals surface area contributed by atoms with E-state index in [0.29, 0.717) is 12.0 Å². The summed E-state index contributed by atoms with van der Waals surface area (Å²) in [6.07, 6.45) is 7.90. The van der Waals surface area contributed by atoms with Gasteiger partial charge in [0.05, 0.1) is 17.7 Å². The highest BCUT2D eigenvalue weighted by Crippen LogP contribution is 2.31. The zero-order chi connectivity index (χ0) is 14.9. The molecule has 1 saturated carbocycles. The molecular formula is C18H21N3O. The minimum Gasteiger partial charge on any atom is -0.381 e. The van der Waals surface area contributed by atoms with Crippen LogP contribution in [-0.4, -0.2) is 35.1 Å². The van der Waals surface area contributed by atoms with E-state index in [2.05, 4.69) is 21.6 Å². The average molecular weight is 295 g/mol. The summed E-state index contributed by atoms with van der Waals surface area (Å²) in [7, 11) is 0. The topological polar surface area (TPSA) is 40.7 Å². The molecule has 0 radical (unpaired) electrons. The van der Waals surface area contributed by atoms with Gasteiger partial charge in [-0.2, -0.15) is 5.26 Å². The lowest BCUT2D eigenvalue weighted by atomic mass is 10.1. The molecule has 22 heavy (non-hydrogen) atoms. The fourth-order valence-corrected chi connectivity index (χ4v) is 3.49. The van der Waals surface area contributed by atoms with Crippen LogP contribution in [0.25, 0.3) is 5.52 Å². The van der Waals surface area contributed by atoms with Crippen molar-refractivity contribution in [3.63, 3.8) is 0 Å². The second-order valence-corrected chi connectivity index (χ2v) is 6.52. The predicted octanol–water partition coefficient (Wildman–Crippen LogP) is 2.81. The summed E-state index contributed by atoms with van der Waals surface area (Å²) in [4.78, 5) is 2.56. The van der Waals surface area contributed by atoms with Gasteiger partial charge in [-0.25, -0.2) is 0 Å². The van der Waals surface area contributed by atoms with Crippen LogP contribution in [0, 0.1) is 17.2 Å². The fraction of sp³-hybridized carbons (Fsp3) is 0.500. The fourth-order valence-electron chi connectivity index (χ4n) is 3.49. The number of nitriles is 1. The molecule has 2 fully saturated rings. The van der Waals surface area contributed by atoms with Crippen molar-refractivity contribution in [1.82, 2.24) is 9.30 Å². The molecule has 2 aromatic rings. The monoisotopic (exact) mass is 295 g/mol. The van der Waals surface area contributed by atoms with Crippen LogP contribution >= 0.6 is 0 Å². The quantitative estimate of drug-likeness (QED) is 0.851. The first-order valence-electron chi connectivity index (χ1n) is 8.15. The highest BCUT2D eigenvalue weighted by molar-refractivity contribution is 5.65. The molecule has 4 nitrogen and oxygen atoms in total. The minimum atomic E-state index is 0.656. The van der Waals surface area contributed by atoms with Gasteiger partial charge in [0.2, 0.25) is 0 Å². The lowest BCUT2D eigenvalue weighted by molar-refractivity contribution is 0.161. The molecule has 1 saturated heterocycles. The van der Waals surface area contributed by atoms with E-state index < -0.39 is 0 Å². The summed E-state index contributed by atoms with van der Waals surface area (Å²) in [5, 5.41) is 9.55. The number of aromatic nitrogens is 1. The third kappa shape index (κ3) is 2.63. The first-order valence-corrected chi connectivity index (χ1v) is 8.15. The number of nitrogens with zero attached hydrogens (tertiary/aromatic N) is 3. The van der Waals surface area contributed by atoms with Gasteiger partial charge in [0.25, 0.3) is 0 Å². The zero-order valence-electron chi connectivity index (χ0n) is 12.7. The summed E-state index contributed by atoms with van der Waals surface area (Å²) in [5.41, 5.74) is 2.99. The van der Waals surface area contributed by atoms with Crippen molar-refractivity contribution in [3.05, 3.63) is 41.7 Å². The standard InChI is InChI=1S/C18H21N3O/c19-9-17-15(11-20-7-2-1-3-18(17)20)12-21(16-4-5-16)10-14-6-8-22-13-14/h1-3,7,11,14,16H,4-6,8,10,12-13H2. The lowest BCUT2D eigenvalue weighted by Crippen LogP contribution is -2.31. The van der Waals surface area contributed by atoms with Crippen molar-refractivity contribution < 1.29 is 4.74 Å². The Morgan fingerprint density at radius 1 is 1.32 bits per heavy atom. The Bertz CT molecular complexity index is 705. The van der Waals surface area contributed by atoms with Crippen LogP contribution in [0.2, 0.25) is 0 Å². The second kappa shape index (κ2) is 5.75. The van der Waals surface area contributed by atoms with Gasteiger partial charge >= 0.3 is 0 Å². The third-order valence-corrected chi connectivity index (χ3v) is 4.83. The Morgan fingerprint density at radius 3 is 2.95 bits per heavy atom. The average Bonchev–Trinajstić information content (AvgIpc) is 3.14. The molecule has 0 N–H and O–H groups in total. The van der Waals surface area contributed by atoms with Crippen molar-refractivity contribution >= 4 is 5.52 Å². The summed E-state index contributed by atoms with van der Waals surface area (Å²) >= 11 is 0. The van der Waals surface area contributed by atoms with Gasteiger partial charge in [0.1, 0.15) is 6.07 Å². The zero-order valence-corrected chi connectivity index (χ0v) is 12.7. The molecule has 114 valence electrons. The van der Waals surface area contributed by atoms with Crippen LogP contribution in [0.15, 0.2) is 30.6 Å². The van der Waals surface area contributed by atoms with Gasteiger partial charge in [-0.3, -0.25) is 4.90 Å². The normalized spacial score (nSPS) is 21.5. The van der Waals surface area contributed by atoms with E-state index in [1.165, 1.54) is 19.3 Å². The molecule has 0 bridgehead atoms. The molecule has 1 atom stereocenters. The van der Waals surface area contributed by atoms with Crippen molar-refractivity contribution in [3.8, 4) is 6.07 Å². The Hall–Kier alpha value is -1.83. The third-order valence-electron chi connectivity index (χ3n) is 4.83. The minimum absolute atomic E-state index is 0.656. The number of hydrogen-bond donors (Lipinski definition) is 0. The molecule has 0 aromatic carbocycles. The van der Waals surface area contributed by atoms with E-state index in [9.17, 15) is 5.26 Å². The molecule has 1 aliphatic carbocycles. The Labute approximate surface area is 130 Å². The number of fused-ring (bicyclic) bond motifs is 1. The van der Waals surface area contributed by atoms with Crippen LogP contribution < -0.4 is 0 Å². The number of rotatable bonds is 5. The maximum atomic E-state index is 9.55. The number of hydrogen-bond acceptors (Lipinski definition) is 3. The molecule has 4 rings (SSSR count). The molecule has 2 aromatic heterocycles. The summed E-state index contributed by atoms with van der Waals surface area (Å²) in [6.45, 7) is 3.78. The van der Waals surface area contributed by atoms with Crippen LogP contribution in [0.1, 0.15) is 30.4 Å². The maximum absolute atomic E-state index is 9.55. The molecule has 4 heteroatoms. The van der Waals surface area contributed by atoms with E-state index in [-0.39, 0.29) is 0 Å². The SMILES string of the molecule is N#Cc1c(CN(CC2CCOC2)C2CC2)cn2ccccc12. The smallest absolute Gasteiger partial charge is 0.102 e. The van der Waals surface area contributed by atoms with Crippen molar-refractivity contribution in [1.29, 1.82) is 5.26 Å². The van der Waals surface area contributed by atoms with Crippen LogP contribution in [0.5, 0.6) is 0 Å². The maximum Gasteiger partial charge on any atom is 0.102 e. The van der Waals surface area contributed by atoms with E-state index in [4.69, 9.17) is 4.74 Å². The molecule has 3 heterocycles. The lowest BCUT2D eigenvalue weighted by Gasteiger charge is -2.24. The molecule has 1 unspecified atom stereocenters. The molecule has 0 spiro atoms. The van der Waals surface area contributed by atoms with Gasteiger partial charge in [-0.05, 0) is 37.3 Å². The summed E-state index contributed by atoms with van der Waals surface area (Å²) in [6, 6.07) is 9.13. The summed E-state index contributed by atoms with van der Waals surface area (Å²) < 4.78 is 7.59. The first-order chi connectivity index (χ1) is 10.8. The Balaban J connectivity index is 1.59. The van der Waals surface area contributed by atoms with E-state index in [1.54, 1.807) is 0 Å². The largest absolute Gasteiger partial charge is 0.381 e. The van der Waals surface area contributed by atoms with Gasteiger partial charge in [-0.1, -0.05) is 6.07 Å². The Kier molecular flexibility index (Phi) is 3.61. The highest BCUT2D eigenvalue weighted by atomic mass is 16.5. The second-order valence-electron chi connectivity index (χ2n) is 6.52. The van der Waals surface area contributed by atoms with Gasteiger partial charge in [0.15, 0.2) is 0 Å². The Morgan fingerprint density at radius 2 is 2.23 bits per heavy atom.